The van der Waals surface area contributed by atoms with Gasteiger partial charge in [-0.3, -0.25) is 14.7 Å². The highest BCUT2D eigenvalue weighted by Gasteiger charge is 2.19. The van der Waals surface area contributed by atoms with Gasteiger partial charge in [-0.2, -0.15) is 5.10 Å². The molecule has 7 heteroatoms. The van der Waals surface area contributed by atoms with Gasteiger partial charge in [0.15, 0.2) is 5.82 Å². The number of aromatic nitrogens is 4. The standard InChI is InChI=1S/C16H15N5O2/c17-12-3-1-10(2-4-12)5-11-6-13(18-8-11)7-14(22)15(23)16-19-9-20-21-16/h1-4,6,8-9,18H,5,7,17H2,(H,19,20,21). The van der Waals surface area contributed by atoms with Crippen molar-refractivity contribution in [3.8, 4) is 0 Å². The van der Waals surface area contributed by atoms with Crippen molar-refractivity contribution < 1.29 is 9.59 Å². The first-order valence-corrected chi connectivity index (χ1v) is 7.05. The third kappa shape index (κ3) is 3.52. The summed E-state index contributed by atoms with van der Waals surface area (Å²) in [5, 5.41) is 5.96. The Balaban J connectivity index is 1.64. The fourth-order valence-corrected chi connectivity index (χ4v) is 2.27. The van der Waals surface area contributed by atoms with Gasteiger partial charge in [0.05, 0.1) is 6.42 Å². The Bertz CT molecular complexity index is 819. The SMILES string of the molecule is Nc1ccc(Cc2c[nH]c(CC(=O)C(=O)c3ncn[nH]3)c2)cc1. The first-order chi connectivity index (χ1) is 11.1. The zero-order chi connectivity index (χ0) is 16.2. The second-order valence-electron chi connectivity index (χ2n) is 5.21. The lowest BCUT2D eigenvalue weighted by atomic mass is 10.1. The Labute approximate surface area is 131 Å². The molecule has 0 radical (unpaired) electrons. The molecule has 7 nitrogen and oxygen atoms in total. The molecule has 0 atom stereocenters. The lowest BCUT2D eigenvalue weighted by Crippen LogP contribution is -2.18. The van der Waals surface area contributed by atoms with Gasteiger partial charge in [0.2, 0.25) is 5.78 Å². The average molecular weight is 309 g/mol. The highest BCUT2D eigenvalue weighted by atomic mass is 16.2. The van der Waals surface area contributed by atoms with E-state index in [0.717, 1.165) is 23.2 Å². The zero-order valence-corrected chi connectivity index (χ0v) is 12.2. The monoisotopic (exact) mass is 309 g/mol. The molecule has 0 aliphatic rings. The first-order valence-electron chi connectivity index (χ1n) is 7.05. The largest absolute Gasteiger partial charge is 0.399 e. The molecule has 1 aromatic carbocycles. The number of nitrogens with zero attached hydrogens (tertiary/aromatic N) is 2. The molecular weight excluding hydrogens is 294 g/mol. The van der Waals surface area contributed by atoms with Crippen molar-refractivity contribution in [2.75, 3.05) is 5.73 Å². The number of carbonyl (C=O) groups excluding carboxylic acids is 2. The molecule has 0 bridgehead atoms. The number of nitrogens with two attached hydrogens (primary N) is 1. The van der Waals surface area contributed by atoms with Crippen molar-refractivity contribution in [2.45, 2.75) is 12.8 Å². The third-order valence-electron chi connectivity index (χ3n) is 3.42. The van der Waals surface area contributed by atoms with E-state index in [-0.39, 0.29) is 12.2 Å². The summed E-state index contributed by atoms with van der Waals surface area (Å²) in [6.07, 6.45) is 3.75. The number of nitrogens with one attached hydrogen (secondary N) is 2. The van der Waals surface area contributed by atoms with Gasteiger partial charge in [0.25, 0.3) is 5.78 Å². The Morgan fingerprint density at radius 1 is 1.13 bits per heavy atom. The molecule has 0 spiro atoms. The van der Waals surface area contributed by atoms with E-state index in [9.17, 15) is 9.59 Å². The molecule has 0 aliphatic heterocycles. The summed E-state index contributed by atoms with van der Waals surface area (Å²) in [6.45, 7) is 0. The lowest BCUT2D eigenvalue weighted by Gasteiger charge is -1.99. The highest BCUT2D eigenvalue weighted by molar-refractivity contribution is 6.43. The molecule has 0 aliphatic carbocycles. The van der Waals surface area contributed by atoms with E-state index >= 15 is 0 Å². The van der Waals surface area contributed by atoms with Crippen LogP contribution in [0.1, 0.15) is 27.4 Å². The van der Waals surface area contributed by atoms with Crippen LogP contribution in [0.15, 0.2) is 42.9 Å². The van der Waals surface area contributed by atoms with Crippen LogP contribution < -0.4 is 5.73 Å². The minimum Gasteiger partial charge on any atom is -0.399 e. The van der Waals surface area contributed by atoms with Crippen LogP contribution in [0.5, 0.6) is 0 Å². The number of carbonyl (C=O) groups is 2. The number of hydrogen-bond acceptors (Lipinski definition) is 5. The predicted molar refractivity (Wildman–Crippen MR) is 83.9 cm³/mol. The van der Waals surface area contributed by atoms with Crippen LogP contribution in [0.2, 0.25) is 0 Å². The number of ketones is 2. The Hall–Kier alpha value is -3.22. The number of Topliss-reactive ketones (excluding diaryl/α,β-unsaturated/α-hetero) is 2. The molecule has 3 aromatic rings. The van der Waals surface area contributed by atoms with Crippen molar-refractivity contribution in [1.29, 1.82) is 0 Å². The summed E-state index contributed by atoms with van der Waals surface area (Å²) in [7, 11) is 0. The maximum atomic E-state index is 11.9. The number of anilines is 1. The van der Waals surface area contributed by atoms with Crippen molar-refractivity contribution in [3.63, 3.8) is 0 Å². The van der Waals surface area contributed by atoms with Gasteiger partial charge in [-0.25, -0.2) is 4.98 Å². The number of nitrogen functional groups attached to an aromatic ring is 1. The fraction of sp³-hybridized carbons (Fsp3) is 0.125. The van der Waals surface area contributed by atoms with Crippen molar-refractivity contribution >= 4 is 17.3 Å². The van der Waals surface area contributed by atoms with Gasteiger partial charge in [-0.15, -0.1) is 0 Å². The number of aromatic amines is 2. The van der Waals surface area contributed by atoms with E-state index in [1.165, 1.54) is 6.33 Å². The van der Waals surface area contributed by atoms with E-state index in [1.807, 2.05) is 36.5 Å². The molecular formula is C16H15N5O2. The Morgan fingerprint density at radius 2 is 1.91 bits per heavy atom. The maximum absolute atomic E-state index is 11.9. The minimum absolute atomic E-state index is 0.00126. The summed E-state index contributed by atoms with van der Waals surface area (Å²) in [5.41, 5.74) is 9.22. The molecule has 0 fully saturated rings. The molecule has 0 saturated carbocycles. The fourth-order valence-electron chi connectivity index (χ4n) is 2.27. The molecule has 2 aromatic heterocycles. The Morgan fingerprint density at radius 3 is 2.61 bits per heavy atom. The van der Waals surface area contributed by atoms with E-state index in [2.05, 4.69) is 20.2 Å². The van der Waals surface area contributed by atoms with E-state index < -0.39 is 11.6 Å². The summed E-state index contributed by atoms with van der Waals surface area (Å²) in [5.74, 6) is -1.25. The van der Waals surface area contributed by atoms with Gasteiger partial charge < -0.3 is 10.7 Å². The van der Waals surface area contributed by atoms with Crippen LogP contribution in [-0.2, 0) is 17.6 Å². The second kappa shape index (κ2) is 6.27. The van der Waals surface area contributed by atoms with E-state index in [0.29, 0.717) is 5.69 Å². The summed E-state index contributed by atoms with van der Waals surface area (Å²) in [6, 6.07) is 9.49. The molecule has 0 unspecified atom stereocenters. The molecule has 116 valence electrons. The minimum atomic E-state index is -0.669. The molecule has 4 N–H and O–H groups in total. The van der Waals surface area contributed by atoms with Crippen LogP contribution in [0.3, 0.4) is 0 Å². The third-order valence-corrected chi connectivity index (χ3v) is 3.42. The molecule has 2 heterocycles. The van der Waals surface area contributed by atoms with Crippen LogP contribution in [0.25, 0.3) is 0 Å². The van der Waals surface area contributed by atoms with Crippen molar-refractivity contribution in [1.82, 2.24) is 20.2 Å². The summed E-state index contributed by atoms with van der Waals surface area (Å²) in [4.78, 5) is 30.5. The smallest absolute Gasteiger partial charge is 0.265 e. The number of rotatable bonds is 6. The number of H-pyrrole nitrogens is 2. The molecule has 0 amide bonds. The van der Waals surface area contributed by atoms with Gasteiger partial charge in [0, 0.05) is 17.6 Å². The molecule has 23 heavy (non-hydrogen) atoms. The lowest BCUT2D eigenvalue weighted by molar-refractivity contribution is -0.114. The second-order valence-corrected chi connectivity index (χ2v) is 5.21. The summed E-state index contributed by atoms with van der Waals surface area (Å²) < 4.78 is 0. The van der Waals surface area contributed by atoms with Gasteiger partial charge in [0.1, 0.15) is 6.33 Å². The van der Waals surface area contributed by atoms with Crippen LogP contribution in [-0.4, -0.2) is 31.7 Å². The van der Waals surface area contributed by atoms with Gasteiger partial charge >= 0.3 is 0 Å². The average Bonchev–Trinajstić information content (AvgIpc) is 3.21. The normalized spacial score (nSPS) is 10.6. The number of hydrogen-bond donors (Lipinski definition) is 3. The quantitative estimate of drug-likeness (QED) is 0.360. The van der Waals surface area contributed by atoms with Gasteiger partial charge in [-0.1, -0.05) is 12.1 Å². The first kappa shape index (κ1) is 14.7. The van der Waals surface area contributed by atoms with Crippen LogP contribution >= 0.6 is 0 Å². The maximum Gasteiger partial charge on any atom is 0.265 e. The number of benzene rings is 1. The predicted octanol–water partition coefficient (Wildman–Crippen LogP) is 1.30. The molecule has 3 rings (SSSR count). The Kier molecular flexibility index (Phi) is 4.01. The zero-order valence-electron chi connectivity index (χ0n) is 12.2. The van der Waals surface area contributed by atoms with Crippen LogP contribution in [0.4, 0.5) is 5.69 Å². The topological polar surface area (TPSA) is 118 Å². The van der Waals surface area contributed by atoms with Crippen molar-refractivity contribution in [3.05, 3.63) is 65.5 Å². The van der Waals surface area contributed by atoms with Gasteiger partial charge in [-0.05, 0) is 35.7 Å². The van der Waals surface area contributed by atoms with E-state index in [4.69, 9.17) is 5.73 Å². The van der Waals surface area contributed by atoms with Crippen LogP contribution in [0, 0.1) is 0 Å². The molecule has 0 saturated heterocycles. The van der Waals surface area contributed by atoms with E-state index in [1.54, 1.807) is 0 Å². The summed E-state index contributed by atoms with van der Waals surface area (Å²) >= 11 is 0. The van der Waals surface area contributed by atoms with Crippen molar-refractivity contribution in [2.24, 2.45) is 0 Å². The highest BCUT2D eigenvalue weighted by Crippen LogP contribution is 2.13.